The second kappa shape index (κ2) is 5.68. The summed E-state index contributed by atoms with van der Waals surface area (Å²) in [5, 5.41) is 12.8. The molecule has 0 aromatic heterocycles. The van der Waals surface area contributed by atoms with Gasteiger partial charge in [0.15, 0.2) is 0 Å². The Morgan fingerprint density at radius 3 is 2.82 bits per heavy atom. The van der Waals surface area contributed by atoms with Crippen LogP contribution in [0.5, 0.6) is 0 Å². The van der Waals surface area contributed by atoms with Gasteiger partial charge in [0.1, 0.15) is 0 Å². The molecular weight excluding hydrogens is 212 g/mol. The van der Waals surface area contributed by atoms with Crippen molar-refractivity contribution in [3.05, 3.63) is 0 Å². The third-order valence-corrected chi connectivity index (χ3v) is 4.77. The average molecular weight is 240 g/mol. The Morgan fingerprint density at radius 2 is 2.24 bits per heavy atom. The first-order valence-electron chi connectivity index (χ1n) is 7.18. The Morgan fingerprint density at radius 1 is 1.47 bits per heavy atom. The zero-order valence-corrected chi connectivity index (χ0v) is 11.4. The summed E-state index contributed by atoms with van der Waals surface area (Å²) in [5.41, 5.74) is 0.448. The van der Waals surface area contributed by atoms with E-state index in [1.54, 1.807) is 0 Å². The van der Waals surface area contributed by atoms with E-state index < -0.39 is 0 Å². The van der Waals surface area contributed by atoms with E-state index in [1.807, 2.05) is 0 Å². The van der Waals surface area contributed by atoms with Gasteiger partial charge in [-0.3, -0.25) is 0 Å². The van der Waals surface area contributed by atoms with Crippen LogP contribution in [0.2, 0.25) is 0 Å². The lowest BCUT2D eigenvalue weighted by molar-refractivity contribution is 0.172. The van der Waals surface area contributed by atoms with Crippen LogP contribution in [0, 0.1) is 11.3 Å². The summed E-state index contributed by atoms with van der Waals surface area (Å²) in [4.78, 5) is 2.45. The van der Waals surface area contributed by atoms with Crippen molar-refractivity contribution in [3.63, 3.8) is 0 Å². The van der Waals surface area contributed by atoms with Crippen LogP contribution in [0.15, 0.2) is 0 Å². The molecule has 3 nitrogen and oxygen atoms in total. The molecule has 1 saturated heterocycles. The molecule has 2 fully saturated rings. The van der Waals surface area contributed by atoms with E-state index in [0.717, 1.165) is 18.9 Å². The fourth-order valence-corrected chi connectivity index (χ4v) is 3.09. The Bertz CT molecular complexity index is 240. The maximum absolute atomic E-state index is 9.06. The summed E-state index contributed by atoms with van der Waals surface area (Å²) in [7, 11) is 2.23. The number of aliphatic hydroxyl groups excluding tert-OH is 1. The van der Waals surface area contributed by atoms with Crippen molar-refractivity contribution in [3.8, 4) is 0 Å². The van der Waals surface area contributed by atoms with Crippen molar-refractivity contribution in [2.24, 2.45) is 11.3 Å². The van der Waals surface area contributed by atoms with Crippen molar-refractivity contribution in [1.29, 1.82) is 0 Å². The van der Waals surface area contributed by atoms with Gasteiger partial charge in [-0.05, 0) is 64.0 Å². The highest BCUT2D eigenvalue weighted by molar-refractivity contribution is 4.95. The zero-order valence-electron chi connectivity index (χ0n) is 11.4. The second-order valence-corrected chi connectivity index (χ2v) is 6.31. The Labute approximate surface area is 106 Å². The highest BCUT2D eigenvalue weighted by atomic mass is 16.3. The van der Waals surface area contributed by atoms with Gasteiger partial charge >= 0.3 is 0 Å². The second-order valence-electron chi connectivity index (χ2n) is 6.31. The summed E-state index contributed by atoms with van der Waals surface area (Å²) in [5.74, 6) is 0.804. The maximum atomic E-state index is 9.06. The molecule has 2 N–H and O–H groups in total. The third kappa shape index (κ3) is 3.67. The molecule has 2 atom stereocenters. The lowest BCUT2D eigenvalue weighted by atomic mass is 9.91. The molecule has 1 heterocycles. The molecule has 0 spiro atoms. The van der Waals surface area contributed by atoms with E-state index in [0.29, 0.717) is 18.1 Å². The Hall–Kier alpha value is -0.120. The lowest BCUT2D eigenvalue weighted by Gasteiger charge is -2.34. The Balaban J connectivity index is 1.71. The zero-order chi connectivity index (χ0) is 12.3. The Kier molecular flexibility index (Phi) is 4.45. The highest BCUT2D eigenvalue weighted by Gasteiger charge is 2.41. The van der Waals surface area contributed by atoms with Crippen LogP contribution < -0.4 is 5.32 Å². The largest absolute Gasteiger partial charge is 0.396 e. The van der Waals surface area contributed by atoms with Crippen molar-refractivity contribution in [1.82, 2.24) is 10.2 Å². The van der Waals surface area contributed by atoms with Crippen molar-refractivity contribution in [2.45, 2.75) is 45.1 Å². The van der Waals surface area contributed by atoms with E-state index in [4.69, 9.17) is 5.11 Å². The van der Waals surface area contributed by atoms with E-state index >= 15 is 0 Å². The summed E-state index contributed by atoms with van der Waals surface area (Å²) >= 11 is 0. The van der Waals surface area contributed by atoms with E-state index in [9.17, 15) is 0 Å². The molecule has 1 saturated carbocycles. The number of nitrogens with one attached hydrogen (secondary N) is 1. The van der Waals surface area contributed by atoms with Crippen LogP contribution in [0.1, 0.15) is 39.0 Å². The lowest BCUT2D eigenvalue weighted by Crippen LogP contribution is -2.44. The number of likely N-dealkylation sites (tertiary alicyclic amines) is 1. The first-order chi connectivity index (χ1) is 8.15. The monoisotopic (exact) mass is 240 g/mol. The minimum atomic E-state index is 0.349. The van der Waals surface area contributed by atoms with Gasteiger partial charge in [-0.2, -0.15) is 0 Å². The van der Waals surface area contributed by atoms with E-state index in [2.05, 4.69) is 24.2 Å². The standard InChI is InChI=1S/C14H28N2O/c1-12(13-4-3-8-16(2)10-13)15-11-14(5-6-14)7-9-17/h12-13,15,17H,3-11H2,1-2H3. The number of rotatable bonds is 6. The van der Waals surface area contributed by atoms with Gasteiger partial charge in [0.05, 0.1) is 0 Å². The van der Waals surface area contributed by atoms with Crippen LogP contribution in [-0.4, -0.2) is 49.3 Å². The molecule has 0 radical (unpaired) electrons. The molecule has 1 aliphatic heterocycles. The smallest absolute Gasteiger partial charge is 0.0436 e. The molecule has 0 aromatic rings. The van der Waals surface area contributed by atoms with Crippen LogP contribution in [-0.2, 0) is 0 Å². The summed E-state index contributed by atoms with van der Waals surface area (Å²) in [6, 6.07) is 0.619. The molecule has 100 valence electrons. The minimum Gasteiger partial charge on any atom is -0.396 e. The first kappa shape index (κ1) is 13.3. The van der Waals surface area contributed by atoms with Gasteiger partial charge in [-0.15, -0.1) is 0 Å². The van der Waals surface area contributed by atoms with Crippen LogP contribution in [0.3, 0.4) is 0 Å². The van der Waals surface area contributed by atoms with Crippen LogP contribution >= 0.6 is 0 Å². The third-order valence-electron chi connectivity index (χ3n) is 4.77. The molecule has 2 unspecified atom stereocenters. The van der Waals surface area contributed by atoms with Crippen molar-refractivity contribution in [2.75, 3.05) is 33.3 Å². The van der Waals surface area contributed by atoms with E-state index in [-0.39, 0.29) is 0 Å². The van der Waals surface area contributed by atoms with Gasteiger partial charge in [0, 0.05) is 25.7 Å². The maximum Gasteiger partial charge on any atom is 0.0436 e. The topological polar surface area (TPSA) is 35.5 Å². The fraction of sp³-hybridized carbons (Fsp3) is 1.00. The predicted octanol–water partition coefficient (Wildman–Crippen LogP) is 1.47. The molecule has 0 bridgehead atoms. The molecule has 17 heavy (non-hydrogen) atoms. The number of hydrogen-bond acceptors (Lipinski definition) is 3. The van der Waals surface area contributed by atoms with Crippen LogP contribution in [0.4, 0.5) is 0 Å². The normalized spacial score (nSPS) is 30.2. The average Bonchev–Trinajstić information content (AvgIpc) is 3.07. The van der Waals surface area contributed by atoms with Crippen molar-refractivity contribution < 1.29 is 5.11 Å². The van der Waals surface area contributed by atoms with E-state index in [1.165, 1.54) is 38.8 Å². The van der Waals surface area contributed by atoms with Gasteiger partial charge in [-0.25, -0.2) is 0 Å². The number of nitrogens with zero attached hydrogens (tertiary/aromatic N) is 1. The number of aliphatic hydroxyl groups is 1. The minimum absolute atomic E-state index is 0.349. The predicted molar refractivity (Wildman–Crippen MR) is 71.1 cm³/mol. The SMILES string of the molecule is CC(NCC1(CCO)CC1)C1CCCN(C)C1. The first-order valence-corrected chi connectivity index (χ1v) is 7.18. The molecular formula is C14H28N2O. The molecule has 2 aliphatic rings. The highest BCUT2D eigenvalue weighted by Crippen LogP contribution is 2.48. The molecule has 1 aliphatic carbocycles. The van der Waals surface area contributed by atoms with Crippen molar-refractivity contribution >= 4 is 0 Å². The van der Waals surface area contributed by atoms with Gasteiger partial charge < -0.3 is 15.3 Å². The van der Waals surface area contributed by atoms with Gasteiger partial charge in [-0.1, -0.05) is 0 Å². The summed E-state index contributed by atoms with van der Waals surface area (Å²) in [6.07, 6.45) is 6.30. The van der Waals surface area contributed by atoms with Crippen LogP contribution in [0.25, 0.3) is 0 Å². The summed E-state index contributed by atoms with van der Waals surface area (Å²) in [6.45, 7) is 6.29. The fourth-order valence-electron chi connectivity index (χ4n) is 3.09. The molecule has 0 aromatic carbocycles. The van der Waals surface area contributed by atoms with Gasteiger partial charge in [0.2, 0.25) is 0 Å². The molecule has 2 rings (SSSR count). The van der Waals surface area contributed by atoms with Gasteiger partial charge in [0.25, 0.3) is 0 Å². The summed E-state index contributed by atoms with van der Waals surface area (Å²) < 4.78 is 0. The quantitative estimate of drug-likeness (QED) is 0.738. The number of hydrogen-bond donors (Lipinski definition) is 2. The molecule has 0 amide bonds. The molecule has 3 heteroatoms. The number of piperidine rings is 1.